The highest BCUT2D eigenvalue weighted by Crippen LogP contribution is 2.43. The third-order valence-corrected chi connectivity index (χ3v) is 8.79. The summed E-state index contributed by atoms with van der Waals surface area (Å²) in [5.74, 6) is 0. The molecule has 1 aromatic heterocycles. The second kappa shape index (κ2) is 9.86. The number of fused-ring (bicyclic) bond motifs is 7. The van der Waals surface area contributed by atoms with E-state index >= 15 is 0 Å². The van der Waals surface area contributed by atoms with E-state index in [0.717, 1.165) is 50.1 Å². The predicted molar refractivity (Wildman–Crippen MR) is 186 cm³/mol. The molecule has 1 heterocycles. The first-order valence-electron chi connectivity index (χ1n) is 15.0. The van der Waals surface area contributed by atoms with Crippen molar-refractivity contribution in [2.45, 2.75) is 0 Å². The zero-order valence-corrected chi connectivity index (χ0v) is 23.9. The van der Waals surface area contributed by atoms with Gasteiger partial charge in [0.25, 0.3) is 0 Å². The lowest BCUT2D eigenvalue weighted by atomic mass is 9.98. The minimum Gasteiger partial charge on any atom is -0.456 e. The number of para-hydroxylation sites is 1. The van der Waals surface area contributed by atoms with E-state index < -0.39 is 0 Å². The maximum absolute atomic E-state index is 6.12. The monoisotopic (exact) mass is 561 g/mol. The minimum atomic E-state index is 0.909. The summed E-state index contributed by atoms with van der Waals surface area (Å²) in [5.41, 5.74) is 7.53. The smallest absolute Gasteiger partial charge is 0.135 e. The largest absolute Gasteiger partial charge is 0.456 e. The highest BCUT2D eigenvalue weighted by molar-refractivity contribution is 6.15. The molecule has 0 aliphatic heterocycles. The van der Waals surface area contributed by atoms with Crippen LogP contribution in [0, 0.1) is 0 Å². The molecule has 2 nitrogen and oxygen atoms in total. The quantitative estimate of drug-likeness (QED) is 0.199. The van der Waals surface area contributed by atoms with Crippen molar-refractivity contribution in [1.29, 1.82) is 0 Å². The first-order valence-corrected chi connectivity index (χ1v) is 15.0. The van der Waals surface area contributed by atoms with E-state index in [1.807, 2.05) is 12.1 Å². The van der Waals surface area contributed by atoms with Crippen LogP contribution in [0.3, 0.4) is 0 Å². The highest BCUT2D eigenvalue weighted by atomic mass is 16.3. The van der Waals surface area contributed by atoms with Gasteiger partial charge in [0.1, 0.15) is 11.2 Å². The molecule has 0 aliphatic carbocycles. The number of nitrogens with zero attached hydrogens (tertiary/aromatic N) is 1. The fourth-order valence-electron chi connectivity index (χ4n) is 6.69. The Hall–Kier alpha value is -5.86. The Labute approximate surface area is 255 Å². The van der Waals surface area contributed by atoms with Crippen LogP contribution in [0.5, 0.6) is 0 Å². The number of hydrogen-bond donors (Lipinski definition) is 0. The summed E-state index contributed by atoms with van der Waals surface area (Å²) < 4.78 is 6.12. The van der Waals surface area contributed by atoms with Crippen LogP contribution < -0.4 is 4.90 Å². The summed E-state index contributed by atoms with van der Waals surface area (Å²) in [7, 11) is 0. The maximum atomic E-state index is 6.12. The van der Waals surface area contributed by atoms with Gasteiger partial charge in [-0.25, -0.2) is 0 Å². The maximum Gasteiger partial charge on any atom is 0.135 e. The molecule has 44 heavy (non-hydrogen) atoms. The van der Waals surface area contributed by atoms with E-state index in [9.17, 15) is 0 Å². The average Bonchev–Trinajstić information content (AvgIpc) is 3.47. The summed E-state index contributed by atoms with van der Waals surface area (Å²) >= 11 is 0. The van der Waals surface area contributed by atoms with E-state index in [1.165, 1.54) is 32.3 Å². The minimum absolute atomic E-state index is 0.909. The topological polar surface area (TPSA) is 16.4 Å². The molecule has 8 aromatic carbocycles. The van der Waals surface area contributed by atoms with E-state index in [0.29, 0.717) is 0 Å². The molecule has 0 aliphatic rings. The summed E-state index contributed by atoms with van der Waals surface area (Å²) in [6.07, 6.45) is 0. The van der Waals surface area contributed by atoms with Gasteiger partial charge in [0.2, 0.25) is 0 Å². The Kier molecular flexibility index (Phi) is 5.54. The molecule has 0 N–H and O–H groups in total. The highest BCUT2D eigenvalue weighted by Gasteiger charge is 2.18. The Bertz CT molecular complexity index is 2520. The molecule has 0 unspecified atom stereocenters. The molecule has 206 valence electrons. The lowest BCUT2D eigenvalue weighted by molar-refractivity contribution is 0.669. The number of furan rings is 1. The van der Waals surface area contributed by atoms with Gasteiger partial charge in [-0.15, -0.1) is 0 Å². The van der Waals surface area contributed by atoms with Crippen molar-refractivity contribution in [3.63, 3.8) is 0 Å². The van der Waals surface area contributed by atoms with E-state index in [1.54, 1.807) is 0 Å². The molecule has 0 amide bonds. The fraction of sp³-hybridized carbons (Fsp3) is 0. The molecule has 0 spiro atoms. The Morgan fingerprint density at radius 1 is 0.341 bits per heavy atom. The molecule has 0 atom stereocenters. The Morgan fingerprint density at radius 2 is 1.00 bits per heavy atom. The average molecular weight is 562 g/mol. The van der Waals surface area contributed by atoms with Crippen LogP contribution in [0.2, 0.25) is 0 Å². The molecular formula is C42H27NO. The standard InChI is InChI=1S/C42H27NO/c1-2-11-29-24-34(22-20-28(29)10-1)43(40-27-32-12-3-4-15-35(32)36-16-5-6-17-37(36)40)33-14-9-13-30(25-33)31-21-23-42-39(26-31)38-18-7-8-19-41(38)44-42/h1-27H. The van der Waals surface area contributed by atoms with Gasteiger partial charge >= 0.3 is 0 Å². The van der Waals surface area contributed by atoms with Gasteiger partial charge in [0.15, 0.2) is 0 Å². The number of anilines is 3. The van der Waals surface area contributed by atoms with Gasteiger partial charge in [-0.3, -0.25) is 0 Å². The summed E-state index contributed by atoms with van der Waals surface area (Å²) in [5, 5.41) is 9.68. The summed E-state index contributed by atoms with van der Waals surface area (Å²) in [6.45, 7) is 0. The Morgan fingerprint density at radius 3 is 1.89 bits per heavy atom. The van der Waals surface area contributed by atoms with Gasteiger partial charge in [-0.2, -0.15) is 0 Å². The lowest BCUT2D eigenvalue weighted by Crippen LogP contribution is -2.11. The van der Waals surface area contributed by atoms with Crippen molar-refractivity contribution >= 4 is 71.3 Å². The van der Waals surface area contributed by atoms with Crippen molar-refractivity contribution in [2.75, 3.05) is 4.90 Å². The van der Waals surface area contributed by atoms with Crippen LogP contribution in [0.1, 0.15) is 0 Å². The SMILES string of the molecule is c1cc(-c2ccc3oc4ccccc4c3c2)cc(N(c2ccc3ccccc3c2)c2cc3ccccc3c3ccccc23)c1. The second-order valence-corrected chi connectivity index (χ2v) is 11.4. The van der Waals surface area contributed by atoms with E-state index in [2.05, 4.69) is 157 Å². The van der Waals surface area contributed by atoms with E-state index in [-0.39, 0.29) is 0 Å². The van der Waals surface area contributed by atoms with Gasteiger partial charge in [0.05, 0.1) is 5.69 Å². The first kappa shape index (κ1) is 24.7. The van der Waals surface area contributed by atoms with Crippen molar-refractivity contribution in [3.8, 4) is 11.1 Å². The zero-order chi connectivity index (χ0) is 29.0. The van der Waals surface area contributed by atoms with Crippen LogP contribution in [0.25, 0.3) is 65.4 Å². The molecule has 0 saturated heterocycles. The van der Waals surface area contributed by atoms with Crippen molar-refractivity contribution in [1.82, 2.24) is 0 Å². The van der Waals surface area contributed by atoms with Gasteiger partial charge in [0, 0.05) is 27.5 Å². The normalized spacial score (nSPS) is 11.6. The molecule has 0 bridgehead atoms. The molecule has 9 rings (SSSR count). The Balaban J connectivity index is 1.29. The van der Waals surface area contributed by atoms with Crippen LogP contribution in [0.15, 0.2) is 168 Å². The van der Waals surface area contributed by atoms with Crippen LogP contribution in [-0.2, 0) is 0 Å². The third-order valence-electron chi connectivity index (χ3n) is 8.79. The number of rotatable bonds is 4. The zero-order valence-electron chi connectivity index (χ0n) is 23.9. The van der Waals surface area contributed by atoms with Crippen molar-refractivity contribution in [2.24, 2.45) is 0 Å². The van der Waals surface area contributed by atoms with Crippen molar-refractivity contribution in [3.05, 3.63) is 164 Å². The molecule has 0 saturated carbocycles. The molecule has 2 heteroatoms. The third kappa shape index (κ3) is 3.96. The van der Waals surface area contributed by atoms with Crippen molar-refractivity contribution < 1.29 is 4.42 Å². The molecular weight excluding hydrogens is 534 g/mol. The fourth-order valence-corrected chi connectivity index (χ4v) is 6.69. The lowest BCUT2D eigenvalue weighted by Gasteiger charge is -2.28. The van der Waals surface area contributed by atoms with Crippen LogP contribution >= 0.6 is 0 Å². The summed E-state index contributed by atoms with van der Waals surface area (Å²) in [4.78, 5) is 2.41. The predicted octanol–water partition coefficient (Wildman–Crippen LogP) is 12.2. The van der Waals surface area contributed by atoms with E-state index in [4.69, 9.17) is 4.42 Å². The molecule has 9 aromatic rings. The molecule has 0 fully saturated rings. The van der Waals surface area contributed by atoms with Crippen LogP contribution in [0.4, 0.5) is 17.1 Å². The second-order valence-electron chi connectivity index (χ2n) is 11.4. The molecule has 0 radical (unpaired) electrons. The van der Waals surface area contributed by atoms with Gasteiger partial charge in [-0.05, 0) is 86.6 Å². The van der Waals surface area contributed by atoms with Gasteiger partial charge < -0.3 is 9.32 Å². The number of benzene rings is 8. The summed E-state index contributed by atoms with van der Waals surface area (Å²) in [6, 6.07) is 58.8. The number of hydrogen-bond acceptors (Lipinski definition) is 2. The first-order chi connectivity index (χ1) is 21.8. The van der Waals surface area contributed by atoms with Crippen LogP contribution in [-0.4, -0.2) is 0 Å². The van der Waals surface area contributed by atoms with Gasteiger partial charge in [-0.1, -0.05) is 115 Å².